The lowest BCUT2D eigenvalue weighted by molar-refractivity contribution is 0.100. The van der Waals surface area contributed by atoms with Crippen molar-refractivity contribution in [1.29, 1.82) is 0 Å². The van der Waals surface area contributed by atoms with Crippen molar-refractivity contribution in [2.24, 2.45) is 10.9 Å². The number of aromatic nitrogens is 1. The molecule has 1 aromatic carbocycles. The Kier molecular flexibility index (Phi) is 5.45. The first kappa shape index (κ1) is 20.0. The number of nitrogens with zero attached hydrogens (tertiary/aromatic N) is 4. The van der Waals surface area contributed by atoms with Gasteiger partial charge in [0.25, 0.3) is 5.91 Å². The maximum atomic E-state index is 11.7. The minimum Gasteiger partial charge on any atom is -0.411 e. The first-order valence-corrected chi connectivity index (χ1v) is 10.6. The first-order valence-electron chi connectivity index (χ1n) is 9.75. The third-order valence-corrected chi connectivity index (χ3v) is 6.60. The maximum absolute atomic E-state index is 11.7. The Balaban J connectivity index is 1.57. The SMILES string of the molecule is CC(=NO)c1ccc(N2CCCN(c3ccnc4sc(C(N)=O)c(N)c34)CC2)cc1. The summed E-state index contributed by atoms with van der Waals surface area (Å²) < 4.78 is 0. The Morgan fingerprint density at radius 2 is 1.83 bits per heavy atom. The fraction of sp³-hybridized carbons (Fsp3) is 0.286. The van der Waals surface area contributed by atoms with Crippen molar-refractivity contribution < 1.29 is 10.0 Å². The Bertz CT molecular complexity index is 1110. The normalized spacial score (nSPS) is 15.4. The molecule has 0 spiro atoms. The summed E-state index contributed by atoms with van der Waals surface area (Å²) in [6.45, 7) is 5.25. The number of hydrogen-bond acceptors (Lipinski definition) is 8. The van der Waals surface area contributed by atoms with E-state index in [1.165, 1.54) is 11.3 Å². The smallest absolute Gasteiger partial charge is 0.260 e. The number of rotatable bonds is 4. The second kappa shape index (κ2) is 8.19. The minimum atomic E-state index is -0.520. The van der Waals surface area contributed by atoms with Crippen LogP contribution in [0.4, 0.5) is 17.1 Å². The molecule has 0 bridgehead atoms. The summed E-state index contributed by atoms with van der Waals surface area (Å²) in [5.41, 5.74) is 15.8. The quantitative estimate of drug-likeness (QED) is 0.336. The number of nitrogens with two attached hydrogens (primary N) is 2. The molecule has 2 aromatic heterocycles. The van der Waals surface area contributed by atoms with Crippen LogP contribution in [0.15, 0.2) is 41.7 Å². The number of primary amides is 1. The lowest BCUT2D eigenvalue weighted by Crippen LogP contribution is -2.30. The van der Waals surface area contributed by atoms with Gasteiger partial charge in [-0.25, -0.2) is 4.98 Å². The van der Waals surface area contributed by atoms with Gasteiger partial charge in [0, 0.05) is 38.1 Å². The van der Waals surface area contributed by atoms with Crippen molar-refractivity contribution in [2.75, 3.05) is 41.7 Å². The highest BCUT2D eigenvalue weighted by Crippen LogP contribution is 2.38. The summed E-state index contributed by atoms with van der Waals surface area (Å²) in [5.74, 6) is -0.520. The van der Waals surface area contributed by atoms with Crippen molar-refractivity contribution in [1.82, 2.24) is 4.98 Å². The van der Waals surface area contributed by atoms with Crippen LogP contribution in [0.1, 0.15) is 28.6 Å². The number of carbonyl (C=O) groups is 1. The lowest BCUT2D eigenvalue weighted by Gasteiger charge is -2.25. The molecule has 9 heteroatoms. The molecular formula is C21H24N6O2S. The van der Waals surface area contributed by atoms with E-state index in [0.29, 0.717) is 16.3 Å². The van der Waals surface area contributed by atoms with Crippen molar-refractivity contribution in [3.8, 4) is 0 Å². The monoisotopic (exact) mass is 424 g/mol. The fourth-order valence-corrected chi connectivity index (χ4v) is 4.80. The second-order valence-electron chi connectivity index (χ2n) is 7.28. The van der Waals surface area contributed by atoms with Crippen molar-refractivity contribution >= 4 is 50.2 Å². The third kappa shape index (κ3) is 3.63. The van der Waals surface area contributed by atoms with Gasteiger partial charge in [0.05, 0.1) is 22.5 Å². The maximum Gasteiger partial charge on any atom is 0.260 e. The predicted molar refractivity (Wildman–Crippen MR) is 122 cm³/mol. The molecule has 0 unspecified atom stereocenters. The molecule has 1 aliphatic heterocycles. The zero-order chi connectivity index (χ0) is 21.3. The molecule has 156 valence electrons. The summed E-state index contributed by atoms with van der Waals surface area (Å²) in [4.78, 5) is 21.8. The van der Waals surface area contributed by atoms with Gasteiger partial charge in [-0.2, -0.15) is 0 Å². The zero-order valence-corrected chi connectivity index (χ0v) is 17.5. The van der Waals surface area contributed by atoms with Crippen LogP contribution in [0, 0.1) is 0 Å². The fourth-order valence-electron chi connectivity index (χ4n) is 3.86. The van der Waals surface area contributed by atoms with Crippen LogP contribution in [0.5, 0.6) is 0 Å². The van der Waals surface area contributed by atoms with Gasteiger partial charge in [-0.1, -0.05) is 17.3 Å². The van der Waals surface area contributed by atoms with E-state index in [-0.39, 0.29) is 0 Å². The predicted octanol–water partition coefficient (Wildman–Crippen LogP) is 2.89. The van der Waals surface area contributed by atoms with Gasteiger partial charge in [0.15, 0.2) is 0 Å². The molecule has 1 saturated heterocycles. The average Bonchev–Trinajstić information content (AvgIpc) is 2.94. The number of fused-ring (bicyclic) bond motifs is 1. The van der Waals surface area contributed by atoms with E-state index in [1.807, 2.05) is 18.2 Å². The molecule has 0 aliphatic carbocycles. The van der Waals surface area contributed by atoms with E-state index in [2.05, 4.69) is 32.1 Å². The molecule has 1 fully saturated rings. The highest BCUT2D eigenvalue weighted by Gasteiger charge is 2.22. The highest BCUT2D eigenvalue weighted by atomic mass is 32.1. The van der Waals surface area contributed by atoms with Gasteiger partial charge in [0.2, 0.25) is 0 Å². The number of benzene rings is 1. The number of nitrogen functional groups attached to an aromatic ring is 1. The Morgan fingerprint density at radius 1 is 1.13 bits per heavy atom. The van der Waals surface area contributed by atoms with E-state index >= 15 is 0 Å². The van der Waals surface area contributed by atoms with Crippen LogP contribution in [0.2, 0.25) is 0 Å². The molecule has 0 radical (unpaired) electrons. The number of hydrogen-bond donors (Lipinski definition) is 3. The molecule has 0 atom stereocenters. The zero-order valence-electron chi connectivity index (χ0n) is 16.7. The summed E-state index contributed by atoms with van der Waals surface area (Å²) in [5, 5.41) is 13.0. The summed E-state index contributed by atoms with van der Waals surface area (Å²) in [6.07, 6.45) is 2.74. The topological polar surface area (TPSA) is 121 Å². The van der Waals surface area contributed by atoms with Gasteiger partial charge in [-0.05, 0) is 37.1 Å². The third-order valence-electron chi connectivity index (χ3n) is 5.47. The largest absolute Gasteiger partial charge is 0.411 e. The van der Waals surface area contributed by atoms with Crippen molar-refractivity contribution in [3.63, 3.8) is 0 Å². The Hall–Kier alpha value is -3.33. The molecule has 1 amide bonds. The molecule has 8 nitrogen and oxygen atoms in total. The van der Waals surface area contributed by atoms with Crippen LogP contribution in [-0.4, -0.2) is 48.0 Å². The number of amides is 1. The molecule has 5 N–H and O–H groups in total. The number of pyridine rings is 1. The van der Waals surface area contributed by atoms with E-state index in [0.717, 1.165) is 59.8 Å². The van der Waals surface area contributed by atoms with Gasteiger partial charge >= 0.3 is 0 Å². The van der Waals surface area contributed by atoms with Gasteiger partial charge in [0.1, 0.15) is 9.71 Å². The van der Waals surface area contributed by atoms with Crippen molar-refractivity contribution in [3.05, 3.63) is 47.0 Å². The number of thiophene rings is 1. The lowest BCUT2D eigenvalue weighted by atomic mass is 10.1. The molecule has 30 heavy (non-hydrogen) atoms. The van der Waals surface area contributed by atoms with Crippen LogP contribution in [-0.2, 0) is 0 Å². The first-order chi connectivity index (χ1) is 14.5. The van der Waals surface area contributed by atoms with E-state index in [1.54, 1.807) is 13.1 Å². The number of anilines is 3. The van der Waals surface area contributed by atoms with Crippen LogP contribution in [0.25, 0.3) is 10.2 Å². The molecule has 3 aromatic rings. The Labute approximate surface area is 178 Å². The number of carbonyl (C=O) groups excluding carboxylic acids is 1. The van der Waals surface area contributed by atoms with Gasteiger partial charge in [-0.15, -0.1) is 11.3 Å². The van der Waals surface area contributed by atoms with Crippen LogP contribution >= 0.6 is 11.3 Å². The standard InChI is InChI=1S/C21H24N6O2S/c1-13(25-29)14-3-5-15(6-4-14)26-9-2-10-27(12-11-26)16-7-8-24-21-17(16)18(22)19(30-21)20(23)28/h3-8,29H,2,9-12,22H2,1H3,(H2,23,28). The average molecular weight is 425 g/mol. The Morgan fingerprint density at radius 3 is 2.53 bits per heavy atom. The minimum absolute atomic E-state index is 0.364. The van der Waals surface area contributed by atoms with Gasteiger partial charge < -0.3 is 26.5 Å². The number of oxime groups is 1. The van der Waals surface area contributed by atoms with Crippen molar-refractivity contribution in [2.45, 2.75) is 13.3 Å². The van der Waals surface area contributed by atoms with Crippen LogP contribution in [0.3, 0.4) is 0 Å². The molecule has 0 saturated carbocycles. The van der Waals surface area contributed by atoms with Gasteiger partial charge in [-0.3, -0.25) is 4.79 Å². The van der Waals surface area contributed by atoms with Crippen LogP contribution < -0.4 is 21.3 Å². The molecule has 1 aliphatic rings. The highest BCUT2D eigenvalue weighted by molar-refractivity contribution is 7.21. The van der Waals surface area contributed by atoms with E-state index in [9.17, 15) is 4.79 Å². The van der Waals surface area contributed by atoms with E-state index in [4.69, 9.17) is 16.7 Å². The summed E-state index contributed by atoms with van der Waals surface area (Å²) >= 11 is 1.24. The second-order valence-corrected chi connectivity index (χ2v) is 8.28. The molecule has 3 heterocycles. The van der Waals surface area contributed by atoms with E-state index < -0.39 is 5.91 Å². The summed E-state index contributed by atoms with van der Waals surface area (Å²) in [7, 11) is 0. The summed E-state index contributed by atoms with van der Waals surface area (Å²) in [6, 6.07) is 10.0. The molecule has 4 rings (SSSR count). The molecular weight excluding hydrogens is 400 g/mol.